The van der Waals surface area contributed by atoms with Crippen molar-refractivity contribution in [3.05, 3.63) is 24.3 Å². The SMILES string of the molecule is CCC(=O)NCc1cncnc1.[HH]. The highest BCUT2D eigenvalue weighted by molar-refractivity contribution is 5.75. The van der Waals surface area contributed by atoms with Gasteiger partial charge in [0.15, 0.2) is 0 Å². The molecular weight excluding hydrogens is 154 g/mol. The van der Waals surface area contributed by atoms with Crippen LogP contribution in [0.5, 0.6) is 0 Å². The van der Waals surface area contributed by atoms with Crippen LogP contribution >= 0.6 is 0 Å². The van der Waals surface area contributed by atoms with Gasteiger partial charge in [0.2, 0.25) is 5.91 Å². The number of amides is 1. The van der Waals surface area contributed by atoms with Crippen molar-refractivity contribution in [3.63, 3.8) is 0 Å². The first kappa shape index (κ1) is 8.64. The lowest BCUT2D eigenvalue weighted by Gasteiger charge is -2.01. The summed E-state index contributed by atoms with van der Waals surface area (Å²) >= 11 is 0. The maximum absolute atomic E-state index is 10.8. The van der Waals surface area contributed by atoms with Crippen LogP contribution in [-0.4, -0.2) is 15.9 Å². The van der Waals surface area contributed by atoms with E-state index in [1.807, 2.05) is 6.92 Å². The van der Waals surface area contributed by atoms with E-state index >= 15 is 0 Å². The second kappa shape index (κ2) is 4.43. The molecule has 0 saturated carbocycles. The van der Waals surface area contributed by atoms with Crippen LogP contribution < -0.4 is 5.32 Å². The van der Waals surface area contributed by atoms with Crippen LogP contribution in [0.1, 0.15) is 20.3 Å². The molecule has 4 nitrogen and oxygen atoms in total. The van der Waals surface area contributed by atoms with Gasteiger partial charge in [-0.15, -0.1) is 0 Å². The Labute approximate surface area is 72.5 Å². The molecule has 0 aliphatic heterocycles. The Morgan fingerprint density at radius 1 is 1.58 bits per heavy atom. The quantitative estimate of drug-likeness (QED) is 0.722. The fourth-order valence-corrected chi connectivity index (χ4v) is 0.747. The second-order valence-corrected chi connectivity index (χ2v) is 2.38. The third-order valence-electron chi connectivity index (χ3n) is 1.42. The number of hydrogen-bond acceptors (Lipinski definition) is 3. The highest BCUT2D eigenvalue weighted by Gasteiger charge is 1.96. The van der Waals surface area contributed by atoms with Crippen LogP contribution in [0.3, 0.4) is 0 Å². The van der Waals surface area contributed by atoms with Crippen molar-refractivity contribution in [1.82, 2.24) is 15.3 Å². The fourth-order valence-electron chi connectivity index (χ4n) is 0.747. The number of rotatable bonds is 3. The average molecular weight is 167 g/mol. The van der Waals surface area contributed by atoms with Gasteiger partial charge < -0.3 is 5.32 Å². The maximum atomic E-state index is 10.8. The van der Waals surface area contributed by atoms with E-state index in [9.17, 15) is 4.79 Å². The van der Waals surface area contributed by atoms with Gasteiger partial charge in [0, 0.05) is 32.3 Å². The molecule has 1 amide bonds. The van der Waals surface area contributed by atoms with E-state index in [4.69, 9.17) is 0 Å². The third kappa shape index (κ3) is 2.65. The Bertz CT molecular complexity index is 253. The van der Waals surface area contributed by atoms with E-state index in [0.717, 1.165) is 5.56 Å². The number of nitrogens with one attached hydrogen (secondary N) is 1. The predicted octanol–water partition coefficient (Wildman–Crippen LogP) is 0.749. The lowest BCUT2D eigenvalue weighted by molar-refractivity contribution is -0.120. The van der Waals surface area contributed by atoms with Gasteiger partial charge in [-0.2, -0.15) is 0 Å². The van der Waals surface area contributed by atoms with Gasteiger partial charge in [-0.1, -0.05) is 6.92 Å². The van der Waals surface area contributed by atoms with Gasteiger partial charge in [0.05, 0.1) is 0 Å². The number of hydrogen-bond donors (Lipinski definition) is 1. The van der Waals surface area contributed by atoms with Crippen LogP contribution in [-0.2, 0) is 11.3 Å². The minimum atomic E-state index is 0. The van der Waals surface area contributed by atoms with Crippen molar-refractivity contribution in [2.45, 2.75) is 19.9 Å². The maximum Gasteiger partial charge on any atom is 0.219 e. The lowest BCUT2D eigenvalue weighted by atomic mass is 10.3. The fraction of sp³-hybridized carbons (Fsp3) is 0.375. The average Bonchev–Trinajstić information content (AvgIpc) is 2.16. The number of carbonyl (C=O) groups excluding carboxylic acids is 1. The first-order chi connectivity index (χ1) is 5.83. The Hall–Kier alpha value is -1.45. The summed E-state index contributed by atoms with van der Waals surface area (Å²) < 4.78 is 0. The summed E-state index contributed by atoms with van der Waals surface area (Å²) in [6.45, 7) is 2.32. The molecule has 1 heterocycles. The molecule has 1 aromatic rings. The molecule has 0 radical (unpaired) electrons. The molecule has 0 saturated heterocycles. The van der Waals surface area contributed by atoms with Crippen LogP contribution in [0.4, 0.5) is 0 Å². The minimum Gasteiger partial charge on any atom is -0.352 e. The summed E-state index contributed by atoms with van der Waals surface area (Å²) in [4.78, 5) is 18.5. The monoisotopic (exact) mass is 167 g/mol. The van der Waals surface area contributed by atoms with E-state index in [1.54, 1.807) is 12.4 Å². The molecule has 0 unspecified atom stereocenters. The molecule has 12 heavy (non-hydrogen) atoms. The van der Waals surface area contributed by atoms with E-state index < -0.39 is 0 Å². The molecule has 1 N–H and O–H groups in total. The summed E-state index contributed by atoms with van der Waals surface area (Å²) in [5.74, 6) is 0.0406. The summed E-state index contributed by atoms with van der Waals surface area (Å²) in [5.41, 5.74) is 0.916. The Morgan fingerprint density at radius 2 is 2.25 bits per heavy atom. The lowest BCUT2D eigenvalue weighted by Crippen LogP contribution is -2.21. The Morgan fingerprint density at radius 3 is 2.83 bits per heavy atom. The topological polar surface area (TPSA) is 54.9 Å². The van der Waals surface area contributed by atoms with Crippen LogP contribution in [0.2, 0.25) is 0 Å². The molecule has 0 aliphatic carbocycles. The van der Waals surface area contributed by atoms with E-state index in [0.29, 0.717) is 13.0 Å². The Balaban J connectivity index is 0.00000144. The molecule has 0 aromatic carbocycles. The molecule has 0 fully saturated rings. The van der Waals surface area contributed by atoms with Crippen LogP contribution in [0, 0.1) is 0 Å². The summed E-state index contributed by atoms with van der Waals surface area (Å²) in [6.07, 6.45) is 5.34. The zero-order chi connectivity index (χ0) is 8.81. The van der Waals surface area contributed by atoms with E-state index in [1.165, 1.54) is 6.33 Å². The van der Waals surface area contributed by atoms with E-state index in [2.05, 4.69) is 15.3 Å². The largest absolute Gasteiger partial charge is 0.352 e. The first-order valence-electron chi connectivity index (χ1n) is 3.83. The van der Waals surface area contributed by atoms with Gasteiger partial charge in [-0.25, -0.2) is 9.97 Å². The van der Waals surface area contributed by atoms with Crippen molar-refractivity contribution in [3.8, 4) is 0 Å². The van der Waals surface area contributed by atoms with Crippen molar-refractivity contribution >= 4 is 5.91 Å². The molecule has 0 spiro atoms. The van der Waals surface area contributed by atoms with Gasteiger partial charge >= 0.3 is 0 Å². The normalized spacial score (nSPS) is 9.42. The van der Waals surface area contributed by atoms with Gasteiger partial charge in [-0.05, 0) is 0 Å². The molecule has 0 atom stereocenters. The first-order valence-corrected chi connectivity index (χ1v) is 3.83. The summed E-state index contributed by atoms with van der Waals surface area (Å²) in [6, 6.07) is 0. The third-order valence-corrected chi connectivity index (χ3v) is 1.42. The van der Waals surface area contributed by atoms with Crippen LogP contribution in [0.15, 0.2) is 18.7 Å². The van der Waals surface area contributed by atoms with Crippen molar-refractivity contribution in [1.29, 1.82) is 0 Å². The summed E-state index contributed by atoms with van der Waals surface area (Å²) in [7, 11) is 0. The van der Waals surface area contributed by atoms with Gasteiger partial charge in [-0.3, -0.25) is 4.79 Å². The zero-order valence-corrected chi connectivity index (χ0v) is 6.95. The van der Waals surface area contributed by atoms with Gasteiger partial charge in [0.25, 0.3) is 0 Å². The summed E-state index contributed by atoms with van der Waals surface area (Å²) in [5, 5.41) is 2.73. The molecule has 1 aromatic heterocycles. The number of carbonyl (C=O) groups is 1. The van der Waals surface area contributed by atoms with Crippen molar-refractivity contribution in [2.24, 2.45) is 0 Å². The standard InChI is InChI=1S/C8H11N3O.H2/c1-2-8(12)11-5-7-3-9-6-10-4-7;/h3-4,6H,2,5H2,1H3,(H,11,12);1H. The van der Waals surface area contributed by atoms with Gasteiger partial charge in [0.1, 0.15) is 6.33 Å². The highest BCUT2D eigenvalue weighted by atomic mass is 16.1. The molecule has 66 valence electrons. The Kier molecular flexibility index (Phi) is 3.19. The van der Waals surface area contributed by atoms with Crippen molar-refractivity contribution < 1.29 is 6.22 Å². The molecule has 0 bridgehead atoms. The molecule has 1 rings (SSSR count). The predicted molar refractivity (Wildman–Crippen MR) is 46.3 cm³/mol. The second-order valence-electron chi connectivity index (χ2n) is 2.38. The molecule has 4 heteroatoms. The smallest absolute Gasteiger partial charge is 0.219 e. The highest BCUT2D eigenvalue weighted by Crippen LogP contribution is 1.91. The number of nitrogens with zero attached hydrogens (tertiary/aromatic N) is 2. The molecular formula is C8H13N3O. The van der Waals surface area contributed by atoms with Crippen LogP contribution in [0.25, 0.3) is 0 Å². The van der Waals surface area contributed by atoms with E-state index in [-0.39, 0.29) is 7.33 Å². The number of aromatic nitrogens is 2. The zero-order valence-electron chi connectivity index (χ0n) is 6.95. The van der Waals surface area contributed by atoms with Crippen molar-refractivity contribution in [2.75, 3.05) is 0 Å². The molecule has 0 aliphatic rings. The minimum absolute atomic E-state index is 0.